The molecule has 0 bridgehead atoms. The predicted octanol–water partition coefficient (Wildman–Crippen LogP) is 3.35. The molecule has 6 atom stereocenters. The highest BCUT2D eigenvalue weighted by Crippen LogP contribution is 2.64. The van der Waals surface area contributed by atoms with Gasteiger partial charge in [-0.1, -0.05) is 13.8 Å². The third kappa shape index (κ3) is 1.71. The van der Waals surface area contributed by atoms with Crippen LogP contribution >= 0.6 is 0 Å². The maximum atomic E-state index is 12.8. The summed E-state index contributed by atoms with van der Waals surface area (Å²) in [4.78, 5) is 37.0. The average Bonchev–Trinajstić information content (AvgIpc) is 2.77. The van der Waals surface area contributed by atoms with E-state index in [0.29, 0.717) is 55.0 Å². The van der Waals surface area contributed by atoms with Crippen LogP contribution in [0.3, 0.4) is 0 Å². The molecule has 0 N–H and O–H groups in total. The average molecular weight is 302 g/mol. The molecule has 3 heteroatoms. The molecule has 0 aromatic carbocycles. The Balaban J connectivity index is 1.71. The molecule has 4 saturated carbocycles. The van der Waals surface area contributed by atoms with Gasteiger partial charge in [0.2, 0.25) is 0 Å². The van der Waals surface area contributed by atoms with Crippen molar-refractivity contribution in [2.24, 2.45) is 34.5 Å². The van der Waals surface area contributed by atoms with E-state index >= 15 is 0 Å². The molecule has 22 heavy (non-hydrogen) atoms. The fourth-order valence-electron chi connectivity index (χ4n) is 6.61. The highest BCUT2D eigenvalue weighted by Gasteiger charge is 2.62. The predicted molar refractivity (Wildman–Crippen MR) is 82.1 cm³/mol. The van der Waals surface area contributed by atoms with Crippen molar-refractivity contribution in [3.63, 3.8) is 0 Å². The molecule has 3 nitrogen and oxygen atoms in total. The molecule has 0 radical (unpaired) electrons. The van der Waals surface area contributed by atoms with E-state index in [2.05, 4.69) is 13.8 Å². The molecular weight excluding hydrogens is 276 g/mol. The molecule has 0 aromatic heterocycles. The number of Topliss-reactive ketones (excluding diaryl/α,β-unsaturated/α-hetero) is 3. The summed E-state index contributed by atoms with van der Waals surface area (Å²) >= 11 is 0. The molecule has 120 valence electrons. The minimum absolute atomic E-state index is 0.000871. The van der Waals surface area contributed by atoms with E-state index < -0.39 is 0 Å². The van der Waals surface area contributed by atoms with Crippen molar-refractivity contribution in [1.82, 2.24) is 0 Å². The Bertz CT molecular complexity index is 565. The third-order valence-electron chi connectivity index (χ3n) is 7.99. The molecule has 4 fully saturated rings. The van der Waals surface area contributed by atoms with Gasteiger partial charge in [0.15, 0.2) is 0 Å². The number of ketones is 3. The largest absolute Gasteiger partial charge is 0.300 e. The number of rotatable bonds is 0. The molecule has 4 aliphatic rings. The molecule has 0 aromatic rings. The van der Waals surface area contributed by atoms with Crippen LogP contribution < -0.4 is 0 Å². The SMILES string of the molecule is C[C@@]12CCC(=O)C[C@@H]1C(=O)C[C@H]1[C@H]2CC[C@]2(C)C(=O)CC[C@H]12. The van der Waals surface area contributed by atoms with Crippen molar-refractivity contribution in [2.75, 3.05) is 0 Å². The Kier molecular flexibility index (Phi) is 3.00. The van der Waals surface area contributed by atoms with Crippen LogP contribution in [-0.2, 0) is 14.4 Å². The molecule has 0 saturated heterocycles. The van der Waals surface area contributed by atoms with Crippen LogP contribution in [0.25, 0.3) is 0 Å². The lowest BCUT2D eigenvalue weighted by molar-refractivity contribution is -0.159. The van der Waals surface area contributed by atoms with Gasteiger partial charge in [0.1, 0.15) is 17.3 Å². The number of carbonyl (C=O) groups is 3. The van der Waals surface area contributed by atoms with Crippen molar-refractivity contribution in [3.8, 4) is 0 Å². The van der Waals surface area contributed by atoms with Crippen molar-refractivity contribution in [1.29, 1.82) is 0 Å². The summed E-state index contributed by atoms with van der Waals surface area (Å²) < 4.78 is 0. The van der Waals surface area contributed by atoms with Crippen molar-refractivity contribution < 1.29 is 14.4 Å². The van der Waals surface area contributed by atoms with E-state index in [1.54, 1.807) is 0 Å². The zero-order chi connectivity index (χ0) is 15.7. The monoisotopic (exact) mass is 302 g/mol. The van der Waals surface area contributed by atoms with E-state index in [1.807, 2.05) is 0 Å². The molecule has 4 aliphatic carbocycles. The molecule has 4 rings (SSSR count). The summed E-state index contributed by atoms with van der Waals surface area (Å²) in [6, 6.07) is 0. The lowest BCUT2D eigenvalue weighted by Gasteiger charge is -2.58. The van der Waals surface area contributed by atoms with Gasteiger partial charge in [-0.15, -0.1) is 0 Å². The van der Waals surface area contributed by atoms with Gasteiger partial charge >= 0.3 is 0 Å². The molecule has 0 spiro atoms. The molecule has 0 unspecified atom stereocenters. The van der Waals surface area contributed by atoms with E-state index in [4.69, 9.17) is 0 Å². The third-order valence-corrected chi connectivity index (χ3v) is 7.99. The standard InChI is InChI=1S/C19H26O3/c1-18-7-5-11(20)9-15(18)16(21)10-12-13-3-4-17(22)19(13,2)8-6-14(12)18/h12-15H,3-10H2,1-2H3/t12-,13-,14-,15-,18+,19+/m1/s1. The lowest BCUT2D eigenvalue weighted by atomic mass is 9.45. The normalized spacial score (nSPS) is 51.3. The molecule has 0 amide bonds. The smallest absolute Gasteiger partial charge is 0.139 e. The van der Waals surface area contributed by atoms with Gasteiger partial charge in [-0.3, -0.25) is 14.4 Å². The van der Waals surface area contributed by atoms with Crippen LogP contribution in [0, 0.1) is 34.5 Å². The number of hydrogen-bond donors (Lipinski definition) is 0. The van der Waals surface area contributed by atoms with Crippen molar-refractivity contribution in [3.05, 3.63) is 0 Å². The van der Waals surface area contributed by atoms with Crippen LogP contribution in [0.4, 0.5) is 0 Å². The van der Waals surface area contributed by atoms with E-state index in [1.165, 1.54) is 0 Å². The lowest BCUT2D eigenvalue weighted by Crippen LogP contribution is -2.56. The first-order valence-electron chi connectivity index (χ1n) is 8.94. The Morgan fingerprint density at radius 1 is 0.909 bits per heavy atom. The summed E-state index contributed by atoms with van der Waals surface area (Å²) in [6.07, 6.45) is 6.34. The Hall–Kier alpha value is -0.990. The van der Waals surface area contributed by atoms with Gasteiger partial charge < -0.3 is 0 Å². The first-order chi connectivity index (χ1) is 10.4. The van der Waals surface area contributed by atoms with Crippen molar-refractivity contribution in [2.45, 2.75) is 65.2 Å². The summed E-state index contributed by atoms with van der Waals surface area (Å²) in [5.41, 5.74) is -0.171. The van der Waals surface area contributed by atoms with Gasteiger partial charge in [-0.25, -0.2) is 0 Å². The minimum Gasteiger partial charge on any atom is -0.300 e. The van der Waals surface area contributed by atoms with Crippen LogP contribution in [0.1, 0.15) is 65.2 Å². The van der Waals surface area contributed by atoms with Gasteiger partial charge in [0.25, 0.3) is 0 Å². The quantitative estimate of drug-likeness (QED) is 0.689. The van der Waals surface area contributed by atoms with Crippen LogP contribution in [0.2, 0.25) is 0 Å². The van der Waals surface area contributed by atoms with E-state index in [0.717, 1.165) is 25.7 Å². The van der Waals surface area contributed by atoms with Crippen molar-refractivity contribution >= 4 is 17.3 Å². The first-order valence-corrected chi connectivity index (χ1v) is 8.94. The van der Waals surface area contributed by atoms with Crippen LogP contribution in [-0.4, -0.2) is 17.3 Å². The number of fused-ring (bicyclic) bond motifs is 5. The maximum absolute atomic E-state index is 12.8. The second-order valence-corrected chi connectivity index (χ2v) is 8.77. The maximum Gasteiger partial charge on any atom is 0.139 e. The number of carbonyl (C=O) groups excluding carboxylic acids is 3. The summed E-state index contributed by atoms with van der Waals surface area (Å²) in [5, 5.41) is 0. The molecular formula is C19H26O3. The Labute approximate surface area is 132 Å². The van der Waals surface area contributed by atoms with Crippen LogP contribution in [0.5, 0.6) is 0 Å². The van der Waals surface area contributed by atoms with E-state index in [9.17, 15) is 14.4 Å². The van der Waals surface area contributed by atoms with Crippen LogP contribution in [0.15, 0.2) is 0 Å². The number of hydrogen-bond acceptors (Lipinski definition) is 3. The van der Waals surface area contributed by atoms with Gasteiger partial charge in [0.05, 0.1) is 0 Å². The zero-order valence-electron chi connectivity index (χ0n) is 13.7. The summed E-state index contributed by atoms with van der Waals surface area (Å²) in [6.45, 7) is 4.41. The fraction of sp³-hybridized carbons (Fsp3) is 0.842. The fourth-order valence-corrected chi connectivity index (χ4v) is 6.61. The van der Waals surface area contributed by atoms with Gasteiger partial charge in [-0.05, 0) is 48.9 Å². The zero-order valence-corrected chi connectivity index (χ0v) is 13.7. The Morgan fingerprint density at radius 3 is 2.45 bits per heavy atom. The first kappa shape index (κ1) is 14.6. The highest BCUT2D eigenvalue weighted by molar-refractivity contribution is 5.91. The van der Waals surface area contributed by atoms with Gasteiger partial charge in [-0.2, -0.15) is 0 Å². The molecule has 0 aliphatic heterocycles. The second kappa shape index (κ2) is 4.52. The summed E-state index contributed by atoms with van der Waals surface area (Å²) in [7, 11) is 0. The molecule has 0 heterocycles. The second-order valence-electron chi connectivity index (χ2n) is 8.77. The Morgan fingerprint density at radius 2 is 1.68 bits per heavy atom. The highest BCUT2D eigenvalue weighted by atomic mass is 16.1. The van der Waals surface area contributed by atoms with Gasteiger partial charge in [0, 0.05) is 37.0 Å². The van der Waals surface area contributed by atoms with E-state index in [-0.39, 0.29) is 22.5 Å². The minimum atomic E-state index is -0.171. The topological polar surface area (TPSA) is 51.2 Å². The summed E-state index contributed by atoms with van der Waals surface area (Å²) in [5.74, 6) is 2.27.